The highest BCUT2D eigenvalue weighted by atomic mass is 15.2. The van der Waals surface area contributed by atoms with Crippen LogP contribution in [0.4, 0.5) is 5.95 Å². The molecule has 1 fully saturated rings. The molecule has 0 aliphatic heterocycles. The van der Waals surface area contributed by atoms with E-state index in [0.29, 0.717) is 12.0 Å². The molecule has 1 N–H and O–H groups in total. The molecule has 1 atom stereocenters. The molecule has 3 nitrogen and oxygen atoms in total. The minimum Gasteiger partial charge on any atom is -0.355 e. The van der Waals surface area contributed by atoms with Gasteiger partial charge in [-0.1, -0.05) is 43.5 Å². The molecule has 21 heavy (non-hydrogen) atoms. The Morgan fingerprint density at radius 1 is 1.14 bits per heavy atom. The van der Waals surface area contributed by atoms with Gasteiger partial charge in [-0.25, -0.2) is 4.98 Å². The first-order chi connectivity index (χ1) is 10.4. The van der Waals surface area contributed by atoms with Crippen molar-refractivity contribution in [3.05, 3.63) is 47.8 Å². The van der Waals surface area contributed by atoms with E-state index in [-0.39, 0.29) is 0 Å². The lowest BCUT2D eigenvalue weighted by atomic mass is 9.78. The normalized spacial score (nSPS) is 21.6. The number of benzene rings is 1. The zero-order chi connectivity index (χ0) is 14.1. The molecule has 110 valence electrons. The van der Waals surface area contributed by atoms with Crippen molar-refractivity contribution in [2.24, 2.45) is 0 Å². The standard InChI is InChI=1S/C18H23N3/c1-2-7-16(8-3-1)21-11-10-19-18(21)20-13-15-12-14-6-4-5-9-17(14)15/h4-6,9-11,15-16H,1-3,7-8,12-13H2,(H,19,20). The Morgan fingerprint density at radius 2 is 2.00 bits per heavy atom. The largest absolute Gasteiger partial charge is 0.355 e. The van der Waals surface area contributed by atoms with Crippen LogP contribution in [0.25, 0.3) is 0 Å². The van der Waals surface area contributed by atoms with Gasteiger partial charge in [-0.15, -0.1) is 0 Å². The van der Waals surface area contributed by atoms with Crippen molar-refractivity contribution in [3.63, 3.8) is 0 Å². The highest BCUT2D eigenvalue weighted by Crippen LogP contribution is 2.35. The maximum Gasteiger partial charge on any atom is 0.203 e. The molecule has 3 heteroatoms. The smallest absolute Gasteiger partial charge is 0.203 e. The molecule has 2 aliphatic rings. The number of nitrogens with zero attached hydrogens (tertiary/aromatic N) is 2. The summed E-state index contributed by atoms with van der Waals surface area (Å²) in [5.74, 6) is 1.71. The van der Waals surface area contributed by atoms with Gasteiger partial charge in [0, 0.05) is 30.9 Å². The first kappa shape index (κ1) is 12.9. The Balaban J connectivity index is 1.41. The lowest BCUT2D eigenvalue weighted by molar-refractivity contribution is 0.355. The minimum absolute atomic E-state index is 0.650. The van der Waals surface area contributed by atoms with Gasteiger partial charge in [-0.3, -0.25) is 0 Å². The Bertz CT molecular complexity index is 610. The van der Waals surface area contributed by atoms with Crippen LogP contribution in [-0.4, -0.2) is 16.1 Å². The summed E-state index contributed by atoms with van der Waals surface area (Å²) in [4.78, 5) is 4.53. The van der Waals surface area contributed by atoms with Gasteiger partial charge in [-0.05, 0) is 30.4 Å². The van der Waals surface area contributed by atoms with Crippen molar-refractivity contribution >= 4 is 5.95 Å². The third-order valence-corrected chi connectivity index (χ3v) is 5.10. The lowest BCUT2D eigenvalue weighted by Gasteiger charge is -2.31. The number of imidazole rings is 1. The van der Waals surface area contributed by atoms with E-state index in [1.54, 1.807) is 0 Å². The second-order valence-corrected chi connectivity index (χ2v) is 6.43. The molecule has 4 rings (SSSR count). The van der Waals surface area contributed by atoms with E-state index in [9.17, 15) is 0 Å². The average molecular weight is 281 g/mol. The Labute approximate surface area is 126 Å². The SMILES string of the molecule is c1ccc2c(c1)CC2CNc1nccn1C1CCCCC1. The van der Waals surface area contributed by atoms with Crippen LogP contribution in [0.1, 0.15) is 55.2 Å². The Morgan fingerprint density at radius 3 is 2.86 bits per heavy atom. The fourth-order valence-electron chi connectivity index (χ4n) is 3.86. The average Bonchev–Trinajstić information content (AvgIpc) is 2.98. The second kappa shape index (κ2) is 5.55. The Hall–Kier alpha value is -1.77. The van der Waals surface area contributed by atoms with Crippen LogP contribution in [0.2, 0.25) is 0 Å². The van der Waals surface area contributed by atoms with Crippen molar-refractivity contribution in [1.29, 1.82) is 0 Å². The molecular weight excluding hydrogens is 258 g/mol. The summed E-state index contributed by atoms with van der Waals surface area (Å²) < 4.78 is 2.36. The molecule has 0 bridgehead atoms. The number of nitrogens with one attached hydrogen (secondary N) is 1. The minimum atomic E-state index is 0.650. The zero-order valence-electron chi connectivity index (χ0n) is 12.5. The number of aromatic nitrogens is 2. The maximum absolute atomic E-state index is 4.53. The van der Waals surface area contributed by atoms with Crippen molar-refractivity contribution in [2.75, 3.05) is 11.9 Å². The zero-order valence-corrected chi connectivity index (χ0v) is 12.5. The van der Waals surface area contributed by atoms with Crippen LogP contribution >= 0.6 is 0 Å². The summed E-state index contributed by atoms with van der Waals surface area (Å²) in [6.07, 6.45) is 12.0. The molecular formula is C18H23N3. The van der Waals surface area contributed by atoms with Crippen LogP contribution < -0.4 is 5.32 Å². The fraction of sp³-hybridized carbons (Fsp3) is 0.500. The van der Waals surface area contributed by atoms with Gasteiger partial charge in [0.25, 0.3) is 0 Å². The van der Waals surface area contributed by atoms with Gasteiger partial charge in [0.15, 0.2) is 0 Å². The van der Waals surface area contributed by atoms with Crippen LogP contribution in [0.5, 0.6) is 0 Å². The van der Waals surface area contributed by atoms with Crippen molar-refractivity contribution in [3.8, 4) is 0 Å². The molecule has 2 aliphatic carbocycles. The maximum atomic E-state index is 4.53. The monoisotopic (exact) mass is 281 g/mol. The lowest BCUT2D eigenvalue weighted by Crippen LogP contribution is -2.25. The van der Waals surface area contributed by atoms with Gasteiger partial charge >= 0.3 is 0 Å². The number of hydrogen-bond donors (Lipinski definition) is 1. The van der Waals surface area contributed by atoms with Crippen LogP contribution in [0.15, 0.2) is 36.7 Å². The third-order valence-electron chi connectivity index (χ3n) is 5.10. The third kappa shape index (κ3) is 2.45. The molecule has 1 unspecified atom stereocenters. The van der Waals surface area contributed by atoms with E-state index >= 15 is 0 Å². The van der Waals surface area contributed by atoms with Crippen LogP contribution in [-0.2, 0) is 6.42 Å². The molecule has 1 saturated carbocycles. The number of fused-ring (bicyclic) bond motifs is 1. The van der Waals surface area contributed by atoms with E-state index in [4.69, 9.17) is 0 Å². The number of anilines is 1. The van der Waals surface area contributed by atoms with Gasteiger partial charge < -0.3 is 9.88 Å². The van der Waals surface area contributed by atoms with Crippen LogP contribution in [0, 0.1) is 0 Å². The van der Waals surface area contributed by atoms with E-state index in [2.05, 4.69) is 45.3 Å². The summed E-state index contributed by atoms with van der Waals surface area (Å²) in [6, 6.07) is 9.44. The second-order valence-electron chi connectivity index (χ2n) is 6.43. The number of rotatable bonds is 4. The molecule has 0 spiro atoms. The summed E-state index contributed by atoms with van der Waals surface area (Å²) >= 11 is 0. The molecule has 1 aromatic carbocycles. The summed E-state index contributed by atoms with van der Waals surface area (Å²) in [5.41, 5.74) is 3.03. The first-order valence-corrected chi connectivity index (χ1v) is 8.26. The van der Waals surface area contributed by atoms with E-state index in [1.165, 1.54) is 49.7 Å². The topological polar surface area (TPSA) is 29.9 Å². The summed E-state index contributed by atoms with van der Waals surface area (Å²) in [7, 11) is 0. The van der Waals surface area contributed by atoms with Gasteiger partial charge in [0.2, 0.25) is 5.95 Å². The summed E-state index contributed by atoms with van der Waals surface area (Å²) in [6.45, 7) is 1.00. The molecule has 1 aromatic heterocycles. The fourth-order valence-corrected chi connectivity index (χ4v) is 3.86. The highest BCUT2D eigenvalue weighted by molar-refractivity contribution is 5.42. The Kier molecular flexibility index (Phi) is 3.42. The predicted molar refractivity (Wildman–Crippen MR) is 85.7 cm³/mol. The quantitative estimate of drug-likeness (QED) is 0.912. The van der Waals surface area contributed by atoms with Crippen LogP contribution in [0.3, 0.4) is 0 Å². The van der Waals surface area contributed by atoms with E-state index in [0.717, 1.165) is 12.5 Å². The highest BCUT2D eigenvalue weighted by Gasteiger charge is 2.25. The summed E-state index contributed by atoms with van der Waals surface area (Å²) in [5, 5.41) is 3.59. The van der Waals surface area contributed by atoms with Crippen molar-refractivity contribution in [1.82, 2.24) is 9.55 Å². The van der Waals surface area contributed by atoms with Gasteiger partial charge in [0.05, 0.1) is 0 Å². The van der Waals surface area contributed by atoms with Crippen molar-refractivity contribution < 1.29 is 0 Å². The van der Waals surface area contributed by atoms with Gasteiger partial charge in [0.1, 0.15) is 0 Å². The molecule has 0 amide bonds. The first-order valence-electron chi connectivity index (χ1n) is 8.26. The number of hydrogen-bond acceptors (Lipinski definition) is 2. The van der Waals surface area contributed by atoms with Gasteiger partial charge in [-0.2, -0.15) is 0 Å². The molecule has 0 saturated heterocycles. The predicted octanol–water partition coefficient (Wildman–Crippen LogP) is 4.14. The van der Waals surface area contributed by atoms with Crippen molar-refractivity contribution in [2.45, 2.75) is 50.5 Å². The molecule has 2 aromatic rings. The van der Waals surface area contributed by atoms with E-state index < -0.39 is 0 Å². The molecule has 0 radical (unpaired) electrons. The van der Waals surface area contributed by atoms with E-state index in [1.807, 2.05) is 6.20 Å². The molecule has 1 heterocycles.